The Kier molecular flexibility index (Phi) is 6.60. The van der Waals surface area contributed by atoms with Gasteiger partial charge < -0.3 is 14.6 Å². The second-order valence-corrected chi connectivity index (χ2v) is 7.83. The molecule has 8 nitrogen and oxygen atoms in total. The zero-order valence-electron chi connectivity index (χ0n) is 14.7. The molecule has 2 rings (SSSR count). The number of nitrogens with one attached hydrogen (secondary N) is 1. The normalized spacial score (nSPS) is 14.9. The standard InChI is InChI=1S/C16H25N3O5S/c1-3-7-19(12-15(20)24-4-2)25(22,23)13-10-14(17-11-13)16(21)18-8-5-6-9-18/h10-11,17H,3-9,12H2,1-2H3. The lowest BCUT2D eigenvalue weighted by molar-refractivity contribution is -0.143. The molecule has 25 heavy (non-hydrogen) atoms. The van der Waals surface area contributed by atoms with Gasteiger partial charge in [0.15, 0.2) is 0 Å². The number of aromatic amines is 1. The van der Waals surface area contributed by atoms with Crippen LogP contribution in [0.1, 0.15) is 43.6 Å². The van der Waals surface area contributed by atoms with Gasteiger partial charge in [0.25, 0.3) is 5.91 Å². The maximum atomic E-state index is 12.8. The van der Waals surface area contributed by atoms with E-state index >= 15 is 0 Å². The van der Waals surface area contributed by atoms with Crippen molar-refractivity contribution < 1.29 is 22.7 Å². The van der Waals surface area contributed by atoms with Gasteiger partial charge in [-0.2, -0.15) is 4.31 Å². The Balaban J connectivity index is 2.18. The zero-order valence-corrected chi connectivity index (χ0v) is 15.5. The highest BCUT2D eigenvalue weighted by molar-refractivity contribution is 7.89. The molecule has 0 aromatic carbocycles. The first-order chi connectivity index (χ1) is 11.9. The highest BCUT2D eigenvalue weighted by Crippen LogP contribution is 2.19. The van der Waals surface area contributed by atoms with Gasteiger partial charge in [-0.15, -0.1) is 0 Å². The molecule has 9 heteroatoms. The second kappa shape index (κ2) is 8.48. The van der Waals surface area contributed by atoms with Crippen LogP contribution in [0.3, 0.4) is 0 Å². The van der Waals surface area contributed by atoms with Gasteiger partial charge >= 0.3 is 5.97 Å². The van der Waals surface area contributed by atoms with Gasteiger partial charge in [-0.1, -0.05) is 6.92 Å². The van der Waals surface area contributed by atoms with Crippen LogP contribution < -0.4 is 0 Å². The average molecular weight is 371 g/mol. The Bertz CT molecular complexity index is 707. The molecule has 1 aromatic rings. The number of H-pyrrole nitrogens is 1. The molecule has 0 atom stereocenters. The van der Waals surface area contributed by atoms with Crippen molar-refractivity contribution in [2.24, 2.45) is 0 Å². The molecule has 140 valence electrons. The smallest absolute Gasteiger partial charge is 0.321 e. The van der Waals surface area contributed by atoms with E-state index in [2.05, 4.69) is 4.98 Å². The number of hydrogen-bond acceptors (Lipinski definition) is 5. The summed E-state index contributed by atoms with van der Waals surface area (Å²) < 4.78 is 31.5. The molecule has 0 saturated carbocycles. The molecule has 0 unspecified atom stereocenters. The number of amides is 1. The molecule has 1 N–H and O–H groups in total. The first kappa shape index (κ1) is 19.5. The van der Waals surface area contributed by atoms with Crippen LogP contribution in [0.5, 0.6) is 0 Å². The lowest BCUT2D eigenvalue weighted by atomic mass is 10.4. The third-order valence-corrected chi connectivity index (χ3v) is 5.82. The quantitative estimate of drug-likeness (QED) is 0.693. The van der Waals surface area contributed by atoms with Gasteiger partial charge in [0.05, 0.1) is 6.61 Å². The minimum absolute atomic E-state index is 0.0206. The monoisotopic (exact) mass is 371 g/mol. The van der Waals surface area contributed by atoms with Gasteiger partial charge in [0.1, 0.15) is 17.1 Å². The molecule has 1 amide bonds. The van der Waals surface area contributed by atoms with Crippen LogP contribution in [-0.4, -0.2) is 67.3 Å². The zero-order chi connectivity index (χ0) is 18.4. The molecule has 0 radical (unpaired) electrons. The molecular weight excluding hydrogens is 346 g/mol. The molecule has 1 saturated heterocycles. The first-order valence-corrected chi connectivity index (χ1v) is 9.97. The van der Waals surface area contributed by atoms with Crippen molar-refractivity contribution in [3.05, 3.63) is 18.0 Å². The van der Waals surface area contributed by atoms with Crippen LogP contribution in [0.25, 0.3) is 0 Å². The fourth-order valence-electron chi connectivity index (χ4n) is 2.77. The number of sulfonamides is 1. The van der Waals surface area contributed by atoms with E-state index in [0.717, 1.165) is 17.1 Å². The summed E-state index contributed by atoms with van der Waals surface area (Å²) in [5.41, 5.74) is 0.244. The molecule has 1 aliphatic heterocycles. The van der Waals surface area contributed by atoms with Crippen molar-refractivity contribution >= 4 is 21.9 Å². The molecule has 0 spiro atoms. The van der Waals surface area contributed by atoms with Crippen LogP contribution in [0.4, 0.5) is 0 Å². The topological polar surface area (TPSA) is 99.8 Å². The van der Waals surface area contributed by atoms with Gasteiger partial charge in [0.2, 0.25) is 10.0 Å². The van der Waals surface area contributed by atoms with E-state index < -0.39 is 16.0 Å². The summed E-state index contributed by atoms with van der Waals surface area (Å²) in [6.45, 7) is 4.91. The van der Waals surface area contributed by atoms with Crippen LogP contribution in [0.2, 0.25) is 0 Å². The molecule has 0 bridgehead atoms. The van der Waals surface area contributed by atoms with E-state index in [4.69, 9.17) is 4.74 Å². The fourth-order valence-corrected chi connectivity index (χ4v) is 4.24. The van der Waals surface area contributed by atoms with E-state index in [1.54, 1.807) is 11.8 Å². The lowest BCUT2D eigenvalue weighted by Crippen LogP contribution is -2.37. The average Bonchev–Trinajstić information content (AvgIpc) is 3.26. The SMILES string of the molecule is CCCN(CC(=O)OCC)S(=O)(=O)c1c[nH]c(C(=O)N2CCCC2)c1. The summed E-state index contributed by atoms with van der Waals surface area (Å²) in [6.07, 6.45) is 3.78. The highest BCUT2D eigenvalue weighted by Gasteiger charge is 2.29. The van der Waals surface area contributed by atoms with Gasteiger partial charge in [-0.3, -0.25) is 9.59 Å². The van der Waals surface area contributed by atoms with Crippen molar-refractivity contribution in [3.8, 4) is 0 Å². The van der Waals surface area contributed by atoms with Crippen molar-refractivity contribution in [2.75, 3.05) is 32.8 Å². The van der Waals surface area contributed by atoms with Crippen molar-refractivity contribution in [3.63, 3.8) is 0 Å². The van der Waals surface area contributed by atoms with Crippen molar-refractivity contribution in [2.45, 2.75) is 38.0 Å². The second-order valence-electron chi connectivity index (χ2n) is 5.89. The Morgan fingerprint density at radius 1 is 1.28 bits per heavy atom. The largest absolute Gasteiger partial charge is 0.465 e. The summed E-state index contributed by atoms with van der Waals surface area (Å²) >= 11 is 0. The van der Waals surface area contributed by atoms with Gasteiger partial charge in [-0.05, 0) is 32.3 Å². The number of aromatic nitrogens is 1. The van der Waals surface area contributed by atoms with Gasteiger partial charge in [-0.25, -0.2) is 8.42 Å². The Morgan fingerprint density at radius 3 is 2.56 bits per heavy atom. The molecule has 1 aromatic heterocycles. The van der Waals surface area contributed by atoms with Crippen LogP contribution in [-0.2, 0) is 19.6 Å². The number of ether oxygens (including phenoxy) is 1. The first-order valence-electron chi connectivity index (χ1n) is 8.53. The Hall–Kier alpha value is -1.87. The fraction of sp³-hybridized carbons (Fsp3) is 0.625. The summed E-state index contributed by atoms with van der Waals surface area (Å²) in [7, 11) is -3.88. The summed E-state index contributed by atoms with van der Waals surface area (Å²) in [4.78, 5) is 28.5. The van der Waals surface area contributed by atoms with E-state index in [-0.39, 0.29) is 36.2 Å². The highest BCUT2D eigenvalue weighted by atomic mass is 32.2. The molecule has 2 heterocycles. The van der Waals surface area contributed by atoms with E-state index in [1.165, 1.54) is 12.3 Å². The lowest BCUT2D eigenvalue weighted by Gasteiger charge is -2.19. The minimum atomic E-state index is -3.88. The number of likely N-dealkylation sites (tertiary alicyclic amines) is 1. The number of esters is 1. The Morgan fingerprint density at radius 2 is 1.96 bits per heavy atom. The summed E-state index contributed by atoms with van der Waals surface area (Å²) in [5.74, 6) is -0.796. The number of nitrogens with zero attached hydrogens (tertiary/aromatic N) is 2. The third-order valence-electron chi connectivity index (χ3n) is 4.00. The Labute approximate surface area is 148 Å². The maximum Gasteiger partial charge on any atom is 0.321 e. The number of rotatable bonds is 8. The van der Waals surface area contributed by atoms with E-state index in [1.807, 2.05) is 6.92 Å². The molecule has 1 fully saturated rings. The number of carbonyl (C=O) groups is 2. The number of carbonyl (C=O) groups excluding carboxylic acids is 2. The van der Waals surface area contributed by atoms with Crippen molar-refractivity contribution in [1.29, 1.82) is 0 Å². The molecule has 0 aliphatic carbocycles. The predicted octanol–water partition coefficient (Wildman–Crippen LogP) is 1.21. The van der Waals surface area contributed by atoms with Crippen LogP contribution >= 0.6 is 0 Å². The minimum Gasteiger partial charge on any atom is -0.465 e. The van der Waals surface area contributed by atoms with E-state index in [0.29, 0.717) is 19.5 Å². The molecule has 1 aliphatic rings. The summed E-state index contributed by atoms with van der Waals surface area (Å²) in [6, 6.07) is 1.34. The van der Waals surface area contributed by atoms with Crippen LogP contribution in [0, 0.1) is 0 Å². The molecular formula is C16H25N3O5S. The predicted molar refractivity (Wildman–Crippen MR) is 91.6 cm³/mol. The van der Waals surface area contributed by atoms with Crippen LogP contribution in [0.15, 0.2) is 17.2 Å². The van der Waals surface area contributed by atoms with Gasteiger partial charge in [0, 0.05) is 25.8 Å². The van der Waals surface area contributed by atoms with E-state index in [9.17, 15) is 18.0 Å². The third kappa shape index (κ3) is 4.60. The summed E-state index contributed by atoms with van der Waals surface area (Å²) in [5, 5.41) is 0. The van der Waals surface area contributed by atoms with Crippen molar-refractivity contribution in [1.82, 2.24) is 14.2 Å². The number of hydrogen-bond donors (Lipinski definition) is 1. The maximum absolute atomic E-state index is 12.8.